The molecule has 0 N–H and O–H groups in total. The molecule has 0 radical (unpaired) electrons. The first-order valence-corrected chi connectivity index (χ1v) is 15.4. The van der Waals surface area contributed by atoms with Gasteiger partial charge in [-0.25, -0.2) is 4.98 Å². The molecule has 0 bridgehead atoms. The van der Waals surface area contributed by atoms with Gasteiger partial charge in [0.1, 0.15) is 11.5 Å². The number of hydrogen-bond donors (Lipinski definition) is 0. The fourth-order valence-electron chi connectivity index (χ4n) is 5.92. The van der Waals surface area contributed by atoms with E-state index in [2.05, 4.69) is 53.1 Å². The second-order valence-electron chi connectivity index (χ2n) is 10.5. The molecule has 2 aliphatic rings. The van der Waals surface area contributed by atoms with Crippen molar-refractivity contribution in [2.24, 2.45) is 11.8 Å². The van der Waals surface area contributed by atoms with Crippen LogP contribution in [0.15, 0.2) is 45.4 Å². The van der Waals surface area contributed by atoms with Crippen LogP contribution in [0.4, 0.5) is 0 Å². The minimum atomic E-state index is 0.177. The van der Waals surface area contributed by atoms with Crippen LogP contribution in [0, 0.1) is 11.8 Å². The normalized spacial score (nSPS) is 24.1. The van der Waals surface area contributed by atoms with E-state index in [-0.39, 0.29) is 6.10 Å². The molecular formula is C29H29BrCl2N2O2S. The molecule has 4 atom stereocenters. The van der Waals surface area contributed by atoms with Gasteiger partial charge >= 0.3 is 0 Å². The zero-order valence-electron chi connectivity index (χ0n) is 20.8. The Kier molecular flexibility index (Phi) is 7.41. The van der Waals surface area contributed by atoms with Crippen molar-refractivity contribution >= 4 is 60.7 Å². The Balaban J connectivity index is 1.22. The van der Waals surface area contributed by atoms with Crippen LogP contribution < -0.4 is 0 Å². The largest absolute Gasteiger partial charge is 0.373 e. The molecule has 194 valence electrons. The fraction of sp³-hybridized carbons (Fsp3) is 0.448. The van der Waals surface area contributed by atoms with Gasteiger partial charge in [0.05, 0.1) is 38.0 Å². The number of rotatable bonds is 7. The van der Waals surface area contributed by atoms with E-state index in [9.17, 15) is 0 Å². The molecule has 0 aliphatic heterocycles. The molecule has 37 heavy (non-hydrogen) atoms. The van der Waals surface area contributed by atoms with Gasteiger partial charge in [-0.1, -0.05) is 70.6 Å². The van der Waals surface area contributed by atoms with Gasteiger partial charge in [-0.3, -0.25) is 0 Å². The molecule has 0 amide bonds. The minimum absolute atomic E-state index is 0.177. The highest BCUT2D eigenvalue weighted by molar-refractivity contribution is 9.10. The van der Waals surface area contributed by atoms with Crippen molar-refractivity contribution < 1.29 is 9.26 Å². The number of nitrogens with zero attached hydrogens (tertiary/aromatic N) is 2. The van der Waals surface area contributed by atoms with Crippen LogP contribution in [0.3, 0.4) is 0 Å². The van der Waals surface area contributed by atoms with Gasteiger partial charge in [-0.2, -0.15) is 0 Å². The summed E-state index contributed by atoms with van der Waals surface area (Å²) in [5.74, 6) is 2.81. The van der Waals surface area contributed by atoms with E-state index in [1.165, 1.54) is 9.71 Å². The van der Waals surface area contributed by atoms with Crippen molar-refractivity contribution in [1.82, 2.24) is 10.1 Å². The number of thiazole rings is 1. The highest BCUT2D eigenvalue weighted by Gasteiger charge is 2.39. The van der Waals surface area contributed by atoms with Crippen molar-refractivity contribution in [2.75, 3.05) is 0 Å². The van der Waals surface area contributed by atoms with Gasteiger partial charge < -0.3 is 9.26 Å². The quantitative estimate of drug-likeness (QED) is 0.206. The maximum Gasteiger partial charge on any atom is 0.145 e. The Morgan fingerprint density at radius 3 is 2.65 bits per heavy atom. The number of benzene rings is 2. The number of ether oxygens (including phenoxy) is 1. The van der Waals surface area contributed by atoms with Crippen molar-refractivity contribution in [2.45, 2.75) is 70.5 Å². The molecule has 2 saturated carbocycles. The summed E-state index contributed by atoms with van der Waals surface area (Å²) in [5, 5.41) is 6.84. The summed E-state index contributed by atoms with van der Waals surface area (Å²) in [6.45, 7) is 5.11. The Morgan fingerprint density at radius 1 is 1.14 bits per heavy atom. The summed E-state index contributed by atoms with van der Waals surface area (Å²) < 4.78 is 14.8. The summed E-state index contributed by atoms with van der Waals surface area (Å²) in [7, 11) is 0. The molecule has 2 heterocycles. The van der Waals surface area contributed by atoms with Crippen LogP contribution in [0.1, 0.15) is 74.1 Å². The zero-order chi connectivity index (χ0) is 25.7. The highest BCUT2D eigenvalue weighted by Crippen LogP contribution is 2.48. The molecule has 2 aromatic heterocycles. The van der Waals surface area contributed by atoms with E-state index in [1.807, 2.05) is 29.5 Å². The number of aromatic nitrogens is 2. The van der Waals surface area contributed by atoms with Crippen LogP contribution in [-0.2, 0) is 11.3 Å². The Morgan fingerprint density at radius 2 is 1.92 bits per heavy atom. The molecule has 2 aromatic carbocycles. The third kappa shape index (κ3) is 5.12. The number of halogens is 3. The smallest absolute Gasteiger partial charge is 0.145 e. The maximum absolute atomic E-state index is 6.64. The highest BCUT2D eigenvalue weighted by atomic mass is 79.9. The monoisotopic (exact) mass is 618 g/mol. The summed E-state index contributed by atoms with van der Waals surface area (Å²) in [5.41, 5.74) is 3.53. The van der Waals surface area contributed by atoms with Crippen LogP contribution in [0.25, 0.3) is 21.5 Å². The molecule has 6 rings (SSSR count). The van der Waals surface area contributed by atoms with Crippen LogP contribution in [0.2, 0.25) is 10.0 Å². The SMILES string of the molecule is CCC1CC(OCc2c(-c3c(Cl)cccc3Cl)noc2C2CC2)CC(C)C1c1nc2ccc(Br)cc2s1. The summed E-state index contributed by atoms with van der Waals surface area (Å²) >= 11 is 18.5. The van der Waals surface area contributed by atoms with Crippen LogP contribution >= 0.6 is 50.5 Å². The molecule has 0 saturated heterocycles. The average Bonchev–Trinajstić information content (AvgIpc) is 3.50. The van der Waals surface area contributed by atoms with Crippen molar-refractivity contribution in [3.05, 3.63) is 67.2 Å². The second kappa shape index (κ2) is 10.6. The molecule has 8 heteroatoms. The Hall–Kier alpha value is -1.44. The molecule has 4 unspecified atom stereocenters. The first-order chi connectivity index (χ1) is 17.9. The van der Waals surface area contributed by atoms with Gasteiger partial charge in [0.15, 0.2) is 0 Å². The van der Waals surface area contributed by atoms with E-state index in [0.29, 0.717) is 46.0 Å². The van der Waals surface area contributed by atoms with Gasteiger partial charge in [-0.05, 0) is 67.9 Å². The van der Waals surface area contributed by atoms with Crippen molar-refractivity contribution in [1.29, 1.82) is 0 Å². The minimum Gasteiger partial charge on any atom is -0.373 e. The van der Waals surface area contributed by atoms with E-state index in [4.69, 9.17) is 37.4 Å². The lowest BCUT2D eigenvalue weighted by molar-refractivity contribution is -0.0205. The van der Waals surface area contributed by atoms with Gasteiger partial charge in [-0.15, -0.1) is 11.3 Å². The topological polar surface area (TPSA) is 48.2 Å². The van der Waals surface area contributed by atoms with E-state index >= 15 is 0 Å². The summed E-state index contributed by atoms with van der Waals surface area (Å²) in [6, 6.07) is 11.9. The van der Waals surface area contributed by atoms with Crippen LogP contribution in [0.5, 0.6) is 0 Å². The van der Waals surface area contributed by atoms with Gasteiger partial charge in [0.25, 0.3) is 0 Å². The summed E-state index contributed by atoms with van der Waals surface area (Å²) in [6.07, 6.45) is 5.56. The van der Waals surface area contributed by atoms with Gasteiger partial charge in [0, 0.05) is 27.4 Å². The third-order valence-corrected chi connectivity index (χ3v) is 10.2. The Bertz CT molecular complexity index is 1410. The Labute approximate surface area is 239 Å². The van der Waals surface area contributed by atoms with Crippen molar-refractivity contribution in [3.8, 4) is 11.3 Å². The van der Waals surface area contributed by atoms with Gasteiger partial charge in [0.2, 0.25) is 0 Å². The lowest BCUT2D eigenvalue weighted by atomic mass is 9.71. The third-order valence-electron chi connectivity index (χ3n) is 7.93. The molecule has 4 aromatic rings. The first-order valence-electron chi connectivity index (χ1n) is 13.0. The molecule has 4 nitrogen and oxygen atoms in total. The molecular weight excluding hydrogens is 591 g/mol. The van der Waals surface area contributed by atoms with E-state index in [1.54, 1.807) is 0 Å². The number of hydrogen-bond acceptors (Lipinski definition) is 5. The molecule has 2 fully saturated rings. The van der Waals surface area contributed by atoms with Crippen LogP contribution in [-0.4, -0.2) is 16.2 Å². The van der Waals surface area contributed by atoms with Crippen molar-refractivity contribution in [3.63, 3.8) is 0 Å². The lowest BCUT2D eigenvalue weighted by Crippen LogP contribution is -2.33. The lowest BCUT2D eigenvalue weighted by Gasteiger charge is -2.39. The molecule has 2 aliphatic carbocycles. The maximum atomic E-state index is 6.64. The van der Waals surface area contributed by atoms with E-state index in [0.717, 1.165) is 59.0 Å². The number of fused-ring (bicyclic) bond motifs is 1. The summed E-state index contributed by atoms with van der Waals surface area (Å²) in [4.78, 5) is 5.05. The predicted molar refractivity (Wildman–Crippen MR) is 155 cm³/mol. The average molecular weight is 620 g/mol. The van der Waals surface area contributed by atoms with E-state index < -0.39 is 0 Å². The fourth-order valence-corrected chi connectivity index (χ4v) is 8.34. The zero-order valence-corrected chi connectivity index (χ0v) is 24.8. The molecule has 0 spiro atoms. The first kappa shape index (κ1) is 25.8. The second-order valence-corrected chi connectivity index (χ2v) is 13.3. The standard InChI is InChI=1S/C29H29BrCl2N2O2S/c1-3-16-12-19(11-15(2)25(16)29-33-23-10-9-18(30)13-24(23)37-29)35-14-20-27(34-36-28(20)17-7-8-17)26-21(31)5-4-6-22(26)32/h4-6,9-10,13,15-17,19,25H,3,7-8,11-12,14H2,1-2H3. The predicted octanol–water partition coefficient (Wildman–Crippen LogP) is 10.0.